The molecule has 0 aliphatic carbocycles. The van der Waals surface area contributed by atoms with Crippen molar-refractivity contribution in [1.82, 2.24) is 35.6 Å². The molecule has 2 heterocycles. The third kappa shape index (κ3) is 10.7. The predicted molar refractivity (Wildman–Crippen MR) is 213 cm³/mol. The number of carboxylic acids is 1. The van der Waals surface area contributed by atoms with Crippen LogP contribution in [0, 0.1) is 11.3 Å². The van der Waals surface area contributed by atoms with E-state index in [1.54, 1.807) is 20.2 Å². The molecule has 306 valence electrons. The number of carbonyl (C=O) groups is 7. The first-order valence-corrected chi connectivity index (χ1v) is 18.8. The zero-order chi connectivity index (χ0) is 42.3. The summed E-state index contributed by atoms with van der Waals surface area (Å²) in [5.74, 6) is -4.41. The summed E-state index contributed by atoms with van der Waals surface area (Å²) in [5, 5.41) is 21.7. The molecule has 3 rings (SSSR count). The van der Waals surface area contributed by atoms with Gasteiger partial charge in [0.1, 0.15) is 12.1 Å². The molecule has 2 aromatic rings. The number of para-hydroxylation sites is 1. The first-order valence-electron chi connectivity index (χ1n) is 18.8. The number of likely N-dealkylation sites (N-methyl/N-ethyl adjacent to an activating group) is 2. The molecule has 15 heteroatoms. The lowest BCUT2D eigenvalue weighted by atomic mass is 9.76. The predicted octanol–water partition coefficient (Wildman–Crippen LogP) is 2.39. The van der Waals surface area contributed by atoms with E-state index in [0.29, 0.717) is 0 Å². The Morgan fingerprint density at radius 2 is 1.54 bits per heavy atom. The zero-order valence-electron chi connectivity index (χ0n) is 34.5. The Kier molecular flexibility index (Phi) is 14.9. The number of aryl methyl sites for hydroxylation is 1. The molecule has 0 spiro atoms. The molecule has 0 bridgehead atoms. The Bertz CT molecular complexity index is 1870. The third-order valence-electron chi connectivity index (χ3n) is 10.3. The van der Waals surface area contributed by atoms with E-state index < -0.39 is 71.0 Å². The minimum absolute atomic E-state index is 0.0983. The Labute approximate surface area is 329 Å². The quantitative estimate of drug-likeness (QED) is 0.111. The number of hydrogen-bond acceptors (Lipinski definition) is 8. The summed E-state index contributed by atoms with van der Waals surface area (Å²) in [6.45, 7) is 14.7. The number of nitrogens with one attached hydrogen (secondary N) is 4. The average molecular weight is 778 g/mol. The number of imide groups is 1. The van der Waals surface area contributed by atoms with E-state index in [2.05, 4.69) is 21.3 Å². The third-order valence-corrected chi connectivity index (χ3v) is 10.3. The summed E-state index contributed by atoms with van der Waals surface area (Å²) in [7, 11) is 5.30. The van der Waals surface area contributed by atoms with Gasteiger partial charge in [0.05, 0.1) is 12.1 Å². The molecule has 0 fully saturated rings. The van der Waals surface area contributed by atoms with E-state index in [4.69, 9.17) is 0 Å². The average Bonchev–Trinajstić information content (AvgIpc) is 3.63. The second kappa shape index (κ2) is 18.5. The molecule has 0 unspecified atom stereocenters. The van der Waals surface area contributed by atoms with Crippen molar-refractivity contribution in [2.24, 2.45) is 18.4 Å². The fraction of sp³-hybridized carbons (Fsp3) is 0.537. The van der Waals surface area contributed by atoms with E-state index in [-0.39, 0.29) is 42.8 Å². The standard InChI is InChI=1S/C41H59N7O8/c1-24(2)30(22-25(3)36(53)44-28(16-19-33(51)52)37(54)43-20-21-48-31(49)17-18-32(48)50)47(11)39(56)35(40(4,5)6)45-38(55)34(42-9)41(7,8)27-23-46(10)29-15-13-12-14-26(27)29/h12-15,17-18,22-24,28,30,34-35,42H,16,19-21H2,1-11H3,(H,43,54)(H,44,53)(H,45,55)(H,51,52)/b25-22+/t28-,30-,34-,35-/m1/s1. The fourth-order valence-corrected chi connectivity index (χ4v) is 7.01. The second-order valence-electron chi connectivity index (χ2n) is 16.4. The molecule has 1 aliphatic rings. The van der Waals surface area contributed by atoms with Gasteiger partial charge in [0.15, 0.2) is 0 Å². The summed E-state index contributed by atoms with van der Waals surface area (Å²) < 4.78 is 2.03. The van der Waals surface area contributed by atoms with Crippen LogP contribution in [0.5, 0.6) is 0 Å². The van der Waals surface area contributed by atoms with Gasteiger partial charge in [-0.05, 0) is 43.4 Å². The molecule has 0 saturated heterocycles. The normalized spacial score (nSPS) is 15.8. The van der Waals surface area contributed by atoms with Crippen molar-refractivity contribution in [3.8, 4) is 0 Å². The van der Waals surface area contributed by atoms with Gasteiger partial charge in [0.2, 0.25) is 23.6 Å². The monoisotopic (exact) mass is 777 g/mol. The van der Waals surface area contributed by atoms with Gasteiger partial charge in [-0.2, -0.15) is 0 Å². The van der Waals surface area contributed by atoms with Gasteiger partial charge in [-0.15, -0.1) is 0 Å². The highest BCUT2D eigenvalue weighted by Crippen LogP contribution is 2.35. The minimum Gasteiger partial charge on any atom is -0.481 e. The first kappa shape index (κ1) is 45.1. The van der Waals surface area contributed by atoms with Gasteiger partial charge in [-0.1, -0.05) is 72.7 Å². The highest BCUT2D eigenvalue weighted by molar-refractivity contribution is 6.12. The number of nitrogens with zero attached hydrogens (tertiary/aromatic N) is 3. The second-order valence-corrected chi connectivity index (χ2v) is 16.4. The number of fused-ring (bicyclic) bond motifs is 1. The number of aliphatic carboxylic acids is 1. The van der Waals surface area contributed by atoms with Crippen LogP contribution in [0.15, 0.2) is 54.3 Å². The number of carboxylic acid groups (broad SMARTS) is 1. The summed E-state index contributed by atoms with van der Waals surface area (Å²) in [6, 6.07) is 4.48. The first-order chi connectivity index (χ1) is 26.0. The van der Waals surface area contributed by atoms with E-state index in [1.807, 2.05) is 90.5 Å². The molecule has 6 amide bonds. The van der Waals surface area contributed by atoms with E-state index in [1.165, 1.54) is 11.8 Å². The van der Waals surface area contributed by atoms with E-state index >= 15 is 0 Å². The van der Waals surface area contributed by atoms with Crippen LogP contribution in [0.3, 0.4) is 0 Å². The van der Waals surface area contributed by atoms with Gasteiger partial charge in [-0.3, -0.25) is 38.5 Å². The van der Waals surface area contributed by atoms with Crippen molar-refractivity contribution in [1.29, 1.82) is 0 Å². The number of amides is 6. The minimum atomic E-state index is -1.24. The number of benzene rings is 1. The van der Waals surface area contributed by atoms with Gasteiger partial charge in [0.25, 0.3) is 11.8 Å². The largest absolute Gasteiger partial charge is 0.481 e. The SMILES string of the molecule is CN[C@H](C(=O)N[C@H](C(=O)N(C)[C@H](/C=C(\C)C(=O)N[C@H](CCC(=O)O)C(=O)NCCN1C(=O)C=CC1=O)C(C)C)C(C)(C)C)C(C)(C)c1cn(C)c2ccccc12. The Hall–Kier alpha value is -5.31. The van der Waals surface area contributed by atoms with Gasteiger partial charge in [-0.25, -0.2) is 0 Å². The van der Waals surface area contributed by atoms with E-state index in [0.717, 1.165) is 33.5 Å². The molecular weight excluding hydrogens is 718 g/mol. The number of aromatic nitrogens is 1. The molecule has 15 nitrogen and oxygen atoms in total. The smallest absolute Gasteiger partial charge is 0.303 e. The maximum atomic E-state index is 14.4. The number of carbonyl (C=O) groups excluding carboxylic acids is 6. The van der Waals surface area contributed by atoms with Crippen LogP contribution in [0.1, 0.15) is 73.8 Å². The van der Waals surface area contributed by atoms with Crippen molar-refractivity contribution in [2.45, 2.75) is 97.8 Å². The molecule has 1 aromatic heterocycles. The van der Waals surface area contributed by atoms with Crippen molar-refractivity contribution < 1.29 is 38.7 Å². The number of hydrogen-bond donors (Lipinski definition) is 5. The Balaban J connectivity index is 1.80. The molecule has 1 aliphatic heterocycles. The molecule has 4 atom stereocenters. The van der Waals surface area contributed by atoms with Gasteiger partial charge in [0, 0.05) is 73.8 Å². The van der Waals surface area contributed by atoms with Crippen molar-refractivity contribution in [2.75, 3.05) is 27.2 Å². The molecule has 0 radical (unpaired) electrons. The van der Waals surface area contributed by atoms with Crippen LogP contribution in [-0.4, -0.2) is 112 Å². The Morgan fingerprint density at radius 1 is 0.929 bits per heavy atom. The van der Waals surface area contributed by atoms with Crippen molar-refractivity contribution in [3.63, 3.8) is 0 Å². The van der Waals surface area contributed by atoms with Crippen molar-refractivity contribution in [3.05, 3.63) is 59.8 Å². The van der Waals surface area contributed by atoms with Crippen LogP contribution in [0.4, 0.5) is 0 Å². The van der Waals surface area contributed by atoms with Crippen LogP contribution in [0.2, 0.25) is 0 Å². The van der Waals surface area contributed by atoms with Crippen LogP contribution < -0.4 is 21.3 Å². The summed E-state index contributed by atoms with van der Waals surface area (Å²) in [6.07, 6.45) is 5.27. The summed E-state index contributed by atoms with van der Waals surface area (Å²) in [4.78, 5) is 92.6. The molecule has 5 N–H and O–H groups in total. The van der Waals surface area contributed by atoms with E-state index in [9.17, 15) is 38.7 Å². The maximum absolute atomic E-state index is 14.4. The highest BCUT2D eigenvalue weighted by Gasteiger charge is 2.42. The maximum Gasteiger partial charge on any atom is 0.303 e. The lowest BCUT2D eigenvalue weighted by Crippen LogP contribution is -2.61. The molecule has 0 saturated carbocycles. The van der Waals surface area contributed by atoms with Gasteiger partial charge >= 0.3 is 5.97 Å². The van der Waals surface area contributed by atoms with Crippen molar-refractivity contribution >= 4 is 52.3 Å². The lowest BCUT2D eigenvalue weighted by Gasteiger charge is -2.39. The molecule has 56 heavy (non-hydrogen) atoms. The summed E-state index contributed by atoms with van der Waals surface area (Å²) in [5.41, 5.74) is 0.799. The van der Waals surface area contributed by atoms with Crippen LogP contribution in [0.25, 0.3) is 10.9 Å². The van der Waals surface area contributed by atoms with Crippen LogP contribution >= 0.6 is 0 Å². The Morgan fingerprint density at radius 3 is 2.09 bits per heavy atom. The zero-order valence-corrected chi connectivity index (χ0v) is 34.5. The number of rotatable bonds is 18. The lowest BCUT2D eigenvalue weighted by molar-refractivity contribution is -0.141. The fourth-order valence-electron chi connectivity index (χ4n) is 7.01. The highest BCUT2D eigenvalue weighted by atomic mass is 16.4. The molecule has 1 aromatic carbocycles. The topological polar surface area (TPSA) is 199 Å². The van der Waals surface area contributed by atoms with Gasteiger partial charge < -0.3 is 35.8 Å². The summed E-state index contributed by atoms with van der Waals surface area (Å²) >= 11 is 0. The molecular formula is C41H59N7O8. The van der Waals surface area contributed by atoms with Crippen LogP contribution in [-0.2, 0) is 46.0 Å².